The van der Waals surface area contributed by atoms with Gasteiger partial charge >= 0.3 is 5.97 Å². The van der Waals surface area contributed by atoms with Crippen molar-refractivity contribution in [3.63, 3.8) is 0 Å². The van der Waals surface area contributed by atoms with Gasteiger partial charge in [-0.1, -0.05) is 32.9 Å². The molecule has 1 saturated heterocycles. The van der Waals surface area contributed by atoms with E-state index in [4.69, 9.17) is 0 Å². The zero-order valence-electron chi connectivity index (χ0n) is 15.1. The molecule has 1 aromatic carbocycles. The molecule has 134 valence electrons. The lowest BCUT2D eigenvalue weighted by Crippen LogP contribution is -2.13. The molecule has 25 heavy (non-hydrogen) atoms. The summed E-state index contributed by atoms with van der Waals surface area (Å²) in [7, 11) is -1.85. The molecule has 0 aliphatic carbocycles. The molecule has 1 aliphatic heterocycles. The summed E-state index contributed by atoms with van der Waals surface area (Å²) >= 11 is 0. The second kappa shape index (κ2) is 6.54. The molecule has 1 fully saturated rings. The van der Waals surface area contributed by atoms with Crippen LogP contribution in [0, 0.1) is 0 Å². The number of carboxylic acid groups (broad SMARTS) is 1. The first-order valence-corrected chi connectivity index (χ1v) is 11.0. The van der Waals surface area contributed by atoms with E-state index in [1.165, 1.54) is 4.68 Å². The van der Waals surface area contributed by atoms with Crippen LogP contribution < -0.4 is 0 Å². The molecule has 5 nitrogen and oxygen atoms in total. The van der Waals surface area contributed by atoms with E-state index in [9.17, 15) is 14.8 Å². The second-order valence-corrected chi connectivity index (χ2v) is 11.4. The molecule has 2 aromatic rings. The van der Waals surface area contributed by atoms with Gasteiger partial charge in [0.25, 0.3) is 0 Å². The number of nitrogens with zero attached hydrogens (tertiary/aromatic N) is 2. The minimum atomic E-state index is -1.85. The van der Waals surface area contributed by atoms with Crippen LogP contribution >= 0.6 is 7.49 Å². The van der Waals surface area contributed by atoms with E-state index in [0.29, 0.717) is 6.16 Å². The molecular formula is C19H26N2O3P+. The molecule has 0 saturated carbocycles. The Balaban J connectivity index is 1.98. The quantitative estimate of drug-likeness (QED) is 0.805. The van der Waals surface area contributed by atoms with Crippen molar-refractivity contribution in [3.8, 4) is 5.69 Å². The Kier molecular flexibility index (Phi) is 4.74. The SMILES string of the molecule is CC(C)(C)c1cc(C(=O)O)n(-c2cccc(C[P+]3(O)CCCC3)c2)n1. The van der Waals surface area contributed by atoms with Gasteiger partial charge in [0.15, 0.2) is 5.69 Å². The largest absolute Gasteiger partial charge is 0.477 e. The lowest BCUT2D eigenvalue weighted by Gasteiger charge is -2.15. The number of carbonyl (C=O) groups is 1. The van der Waals surface area contributed by atoms with Crippen molar-refractivity contribution in [2.45, 2.75) is 45.2 Å². The first kappa shape index (κ1) is 18.1. The summed E-state index contributed by atoms with van der Waals surface area (Å²) in [5.74, 6) is -0.990. The van der Waals surface area contributed by atoms with Crippen molar-refractivity contribution in [3.05, 3.63) is 47.3 Å². The third kappa shape index (κ3) is 3.94. The Bertz CT molecular complexity index is 786. The van der Waals surface area contributed by atoms with Crippen molar-refractivity contribution in [2.75, 3.05) is 12.3 Å². The van der Waals surface area contributed by atoms with Crippen LogP contribution in [0.15, 0.2) is 30.3 Å². The summed E-state index contributed by atoms with van der Waals surface area (Å²) in [5, 5.41) is 14.1. The van der Waals surface area contributed by atoms with Gasteiger partial charge in [0, 0.05) is 5.41 Å². The number of hydrogen-bond acceptors (Lipinski definition) is 3. The van der Waals surface area contributed by atoms with Gasteiger partial charge in [0.2, 0.25) is 0 Å². The summed E-state index contributed by atoms with van der Waals surface area (Å²) in [6.45, 7) is 6.05. The van der Waals surface area contributed by atoms with Crippen molar-refractivity contribution < 1.29 is 14.8 Å². The molecule has 2 heterocycles. The second-order valence-electron chi connectivity index (χ2n) is 7.96. The normalized spacial score (nSPS) is 17.0. The van der Waals surface area contributed by atoms with Crippen LogP contribution in [-0.4, -0.2) is 38.1 Å². The van der Waals surface area contributed by atoms with Gasteiger partial charge in [0.1, 0.15) is 13.7 Å². The molecule has 1 aliphatic rings. The van der Waals surface area contributed by atoms with Crippen LogP contribution in [0.5, 0.6) is 0 Å². The van der Waals surface area contributed by atoms with Crippen molar-refractivity contribution >= 4 is 13.5 Å². The Morgan fingerprint density at radius 3 is 2.52 bits per heavy atom. The highest BCUT2D eigenvalue weighted by Gasteiger charge is 2.39. The molecule has 2 N–H and O–H groups in total. The maximum Gasteiger partial charge on any atom is 0.354 e. The first-order valence-electron chi connectivity index (χ1n) is 8.70. The van der Waals surface area contributed by atoms with E-state index < -0.39 is 13.5 Å². The van der Waals surface area contributed by atoms with Gasteiger partial charge in [-0.3, -0.25) is 4.89 Å². The third-order valence-corrected chi connectivity index (χ3v) is 7.98. The molecule has 1 aromatic heterocycles. The minimum absolute atomic E-state index is 0.163. The number of aromatic nitrogens is 2. The molecule has 0 amide bonds. The Morgan fingerprint density at radius 2 is 1.92 bits per heavy atom. The molecule has 0 spiro atoms. The minimum Gasteiger partial charge on any atom is -0.477 e. The maximum absolute atomic E-state index is 11.7. The van der Waals surface area contributed by atoms with Crippen LogP contribution in [0.25, 0.3) is 5.69 Å². The predicted octanol–water partition coefficient (Wildman–Crippen LogP) is 4.09. The highest BCUT2D eigenvalue weighted by atomic mass is 31.2. The zero-order chi connectivity index (χ0) is 18.2. The van der Waals surface area contributed by atoms with Crippen molar-refractivity contribution in [1.29, 1.82) is 0 Å². The average molecular weight is 361 g/mol. The van der Waals surface area contributed by atoms with E-state index in [-0.39, 0.29) is 11.1 Å². The summed E-state index contributed by atoms with van der Waals surface area (Å²) in [6.07, 6.45) is 4.81. The highest BCUT2D eigenvalue weighted by molar-refractivity contribution is 7.69. The highest BCUT2D eigenvalue weighted by Crippen LogP contribution is 2.62. The van der Waals surface area contributed by atoms with Gasteiger partial charge in [-0.05, 0) is 36.6 Å². The summed E-state index contributed by atoms with van der Waals surface area (Å²) in [5.41, 5.74) is 2.47. The van der Waals surface area contributed by atoms with Gasteiger partial charge < -0.3 is 5.11 Å². The number of hydrogen-bond donors (Lipinski definition) is 2. The van der Waals surface area contributed by atoms with Crippen LogP contribution in [0.2, 0.25) is 0 Å². The Morgan fingerprint density at radius 1 is 1.24 bits per heavy atom. The summed E-state index contributed by atoms with van der Waals surface area (Å²) in [6, 6.07) is 9.40. The number of benzene rings is 1. The van der Waals surface area contributed by atoms with E-state index in [1.807, 2.05) is 45.0 Å². The average Bonchev–Trinajstić information content (AvgIpc) is 3.13. The summed E-state index contributed by atoms with van der Waals surface area (Å²) < 4.78 is 1.50. The topological polar surface area (TPSA) is 75.3 Å². The predicted molar refractivity (Wildman–Crippen MR) is 101 cm³/mol. The molecular weight excluding hydrogens is 335 g/mol. The van der Waals surface area contributed by atoms with Crippen LogP contribution in [0.1, 0.15) is 55.4 Å². The molecule has 3 rings (SSSR count). The van der Waals surface area contributed by atoms with E-state index >= 15 is 0 Å². The van der Waals surface area contributed by atoms with E-state index in [1.54, 1.807) is 6.07 Å². The number of carboxylic acids is 1. The standard InChI is InChI=1S/C19H25N2O3P/c1-19(2,3)17-12-16(18(22)23)21(20-17)15-8-6-7-14(11-15)13-25(24)9-4-5-10-25/h6-8,11-12,24H,4-5,9-10,13H2,1-3H3/p+1. The fourth-order valence-corrected chi connectivity index (χ4v) is 6.35. The Labute approximate surface area is 149 Å². The number of aromatic carboxylic acids is 1. The third-order valence-electron chi connectivity index (χ3n) is 4.73. The lowest BCUT2D eigenvalue weighted by atomic mass is 9.92. The van der Waals surface area contributed by atoms with Crippen LogP contribution in [0.4, 0.5) is 0 Å². The fourth-order valence-electron chi connectivity index (χ4n) is 3.31. The monoisotopic (exact) mass is 361 g/mol. The molecule has 0 atom stereocenters. The molecule has 6 heteroatoms. The van der Waals surface area contributed by atoms with Crippen LogP contribution in [-0.2, 0) is 11.6 Å². The van der Waals surface area contributed by atoms with Gasteiger partial charge in [-0.2, -0.15) is 5.10 Å². The van der Waals surface area contributed by atoms with Gasteiger partial charge in [-0.25, -0.2) is 9.48 Å². The first-order chi connectivity index (χ1) is 11.7. The summed E-state index contributed by atoms with van der Waals surface area (Å²) in [4.78, 5) is 22.4. The maximum atomic E-state index is 11.7. The van der Waals surface area contributed by atoms with Crippen molar-refractivity contribution in [1.82, 2.24) is 9.78 Å². The molecule has 0 unspecified atom stereocenters. The zero-order valence-corrected chi connectivity index (χ0v) is 16.0. The lowest BCUT2D eigenvalue weighted by molar-refractivity contribution is 0.0687. The van der Waals surface area contributed by atoms with Gasteiger partial charge in [-0.15, -0.1) is 0 Å². The fraction of sp³-hybridized carbons (Fsp3) is 0.474. The molecule has 0 radical (unpaired) electrons. The van der Waals surface area contributed by atoms with E-state index in [2.05, 4.69) is 5.10 Å². The number of rotatable bonds is 4. The Hall–Kier alpha value is -1.71. The van der Waals surface area contributed by atoms with E-state index in [0.717, 1.165) is 42.1 Å². The smallest absolute Gasteiger partial charge is 0.354 e. The van der Waals surface area contributed by atoms with Crippen LogP contribution in [0.3, 0.4) is 0 Å². The van der Waals surface area contributed by atoms with Gasteiger partial charge in [0.05, 0.1) is 23.7 Å². The molecule has 0 bridgehead atoms. The van der Waals surface area contributed by atoms with Crippen molar-refractivity contribution in [2.24, 2.45) is 0 Å².